The quantitative estimate of drug-likeness (QED) is 0.208. The zero-order chi connectivity index (χ0) is 25.1. The van der Waals surface area contributed by atoms with E-state index in [1.165, 1.54) is 20.0 Å². The standard InChI is InChI=1S/C30H29NO4S/c1-20-19-22(11-14-24(20)30(33)34-2)28(32)27-25-7-3-4-8-26(25)36-29(27)21-9-12-23(13-10-21)35-18-17-31-15-5-6-16-31/h3-4,7-14,19H,5-6,15-18H2,1-2H3. The van der Waals surface area contributed by atoms with Crippen molar-refractivity contribution >= 4 is 33.2 Å². The van der Waals surface area contributed by atoms with Crippen LogP contribution in [0.3, 0.4) is 0 Å². The maximum absolute atomic E-state index is 13.8. The number of esters is 1. The predicted octanol–water partition coefficient (Wildman–Crippen LogP) is 6.37. The number of likely N-dealkylation sites (tertiary alicyclic amines) is 1. The van der Waals surface area contributed by atoms with Crippen LogP contribution in [0.2, 0.25) is 0 Å². The number of aryl methyl sites for hydroxylation is 1. The van der Waals surface area contributed by atoms with Crippen molar-refractivity contribution in [1.29, 1.82) is 0 Å². The molecule has 1 saturated heterocycles. The molecule has 36 heavy (non-hydrogen) atoms. The molecule has 5 rings (SSSR count). The molecule has 5 nitrogen and oxygen atoms in total. The zero-order valence-corrected chi connectivity index (χ0v) is 21.4. The number of carbonyl (C=O) groups excluding carboxylic acids is 2. The molecule has 0 N–H and O–H groups in total. The van der Waals surface area contributed by atoms with Crippen molar-refractivity contribution in [2.24, 2.45) is 0 Å². The highest BCUT2D eigenvalue weighted by atomic mass is 32.1. The molecule has 6 heteroatoms. The molecule has 1 aliphatic rings. The van der Waals surface area contributed by atoms with Gasteiger partial charge in [-0.2, -0.15) is 0 Å². The van der Waals surface area contributed by atoms with Gasteiger partial charge in [0.25, 0.3) is 0 Å². The van der Waals surface area contributed by atoms with Gasteiger partial charge in [-0.3, -0.25) is 9.69 Å². The molecule has 0 radical (unpaired) electrons. The number of ketones is 1. The van der Waals surface area contributed by atoms with Crippen LogP contribution in [-0.4, -0.2) is 50.0 Å². The van der Waals surface area contributed by atoms with Gasteiger partial charge in [-0.25, -0.2) is 4.79 Å². The summed E-state index contributed by atoms with van der Waals surface area (Å²) in [7, 11) is 1.36. The van der Waals surface area contributed by atoms with Crippen LogP contribution in [-0.2, 0) is 4.74 Å². The van der Waals surface area contributed by atoms with Gasteiger partial charge in [-0.05, 0) is 86.4 Å². The lowest BCUT2D eigenvalue weighted by Crippen LogP contribution is -2.25. The van der Waals surface area contributed by atoms with Crippen molar-refractivity contribution in [2.75, 3.05) is 33.4 Å². The van der Waals surface area contributed by atoms with Crippen LogP contribution >= 0.6 is 11.3 Å². The van der Waals surface area contributed by atoms with Crippen LogP contribution in [0, 0.1) is 6.92 Å². The molecule has 3 aromatic carbocycles. The first kappa shape index (κ1) is 24.2. The van der Waals surface area contributed by atoms with Crippen molar-refractivity contribution in [3.05, 3.63) is 89.0 Å². The SMILES string of the molecule is COC(=O)c1ccc(C(=O)c2c(-c3ccc(OCCN4CCCC4)cc3)sc3ccccc23)cc1C. The van der Waals surface area contributed by atoms with Crippen LogP contribution in [0.4, 0.5) is 0 Å². The fourth-order valence-corrected chi connectivity index (χ4v) is 5.97. The molecule has 1 fully saturated rings. The number of hydrogen-bond acceptors (Lipinski definition) is 6. The third-order valence-electron chi connectivity index (χ3n) is 6.71. The van der Waals surface area contributed by atoms with Gasteiger partial charge in [0.1, 0.15) is 12.4 Å². The minimum absolute atomic E-state index is 0.0621. The minimum atomic E-state index is -0.407. The molecule has 0 aliphatic carbocycles. The normalized spacial score (nSPS) is 13.7. The number of methoxy groups -OCH3 is 1. The summed E-state index contributed by atoms with van der Waals surface area (Å²) in [5.74, 6) is 0.366. The summed E-state index contributed by atoms with van der Waals surface area (Å²) >= 11 is 1.61. The van der Waals surface area contributed by atoms with Gasteiger partial charge in [-0.15, -0.1) is 11.3 Å². The Kier molecular flexibility index (Phi) is 7.16. The maximum atomic E-state index is 13.8. The van der Waals surface area contributed by atoms with E-state index >= 15 is 0 Å². The first-order valence-corrected chi connectivity index (χ1v) is 13.1. The number of nitrogens with zero attached hydrogens (tertiary/aromatic N) is 1. The van der Waals surface area contributed by atoms with Crippen molar-refractivity contribution < 1.29 is 19.1 Å². The Labute approximate surface area is 215 Å². The highest BCUT2D eigenvalue weighted by Crippen LogP contribution is 2.40. The third-order valence-corrected chi connectivity index (χ3v) is 7.93. The minimum Gasteiger partial charge on any atom is -0.492 e. The third kappa shape index (κ3) is 4.92. The van der Waals surface area contributed by atoms with Gasteiger partial charge in [0.15, 0.2) is 5.78 Å². The second-order valence-electron chi connectivity index (χ2n) is 9.07. The molecule has 0 bridgehead atoms. The molecule has 0 atom stereocenters. The maximum Gasteiger partial charge on any atom is 0.338 e. The fraction of sp³-hybridized carbons (Fsp3) is 0.267. The van der Waals surface area contributed by atoms with E-state index in [-0.39, 0.29) is 5.78 Å². The van der Waals surface area contributed by atoms with Crippen molar-refractivity contribution in [1.82, 2.24) is 4.90 Å². The predicted molar refractivity (Wildman–Crippen MR) is 144 cm³/mol. The van der Waals surface area contributed by atoms with Crippen LogP contribution in [0.25, 0.3) is 20.5 Å². The Morgan fingerprint density at radius 3 is 2.44 bits per heavy atom. The molecule has 184 valence electrons. The van der Waals surface area contributed by atoms with Gasteiger partial charge >= 0.3 is 5.97 Å². The Bertz CT molecular complexity index is 1400. The molecule has 2 heterocycles. The summed E-state index contributed by atoms with van der Waals surface area (Å²) < 4.78 is 11.9. The molecular weight excluding hydrogens is 470 g/mol. The van der Waals surface area contributed by atoms with E-state index in [1.807, 2.05) is 55.5 Å². The highest BCUT2D eigenvalue weighted by Gasteiger charge is 2.22. The lowest BCUT2D eigenvalue weighted by molar-refractivity contribution is 0.0599. The van der Waals surface area contributed by atoms with Crippen LogP contribution in [0.15, 0.2) is 66.7 Å². The van der Waals surface area contributed by atoms with E-state index in [2.05, 4.69) is 4.90 Å². The lowest BCUT2D eigenvalue weighted by atomic mass is 9.95. The van der Waals surface area contributed by atoms with Crippen LogP contribution < -0.4 is 4.74 Å². The Hall–Kier alpha value is -3.48. The monoisotopic (exact) mass is 499 g/mol. The number of ether oxygens (including phenoxy) is 2. The largest absolute Gasteiger partial charge is 0.492 e. The summed E-state index contributed by atoms with van der Waals surface area (Å²) in [5.41, 5.74) is 3.39. The molecular formula is C30H29NO4S. The van der Waals surface area contributed by atoms with E-state index in [0.29, 0.717) is 28.9 Å². The van der Waals surface area contributed by atoms with E-state index in [0.717, 1.165) is 45.9 Å². The first-order valence-electron chi connectivity index (χ1n) is 12.3. The second-order valence-corrected chi connectivity index (χ2v) is 10.1. The molecule has 0 amide bonds. The average Bonchev–Trinajstić information content (AvgIpc) is 3.56. The topological polar surface area (TPSA) is 55.8 Å². The van der Waals surface area contributed by atoms with Gasteiger partial charge in [0.2, 0.25) is 0 Å². The Balaban J connectivity index is 1.44. The zero-order valence-electron chi connectivity index (χ0n) is 20.6. The molecule has 1 aromatic heterocycles. The van der Waals surface area contributed by atoms with Crippen molar-refractivity contribution in [3.8, 4) is 16.2 Å². The smallest absolute Gasteiger partial charge is 0.338 e. The summed E-state index contributed by atoms with van der Waals surface area (Å²) in [5, 5.41) is 0.933. The van der Waals surface area contributed by atoms with Crippen LogP contribution in [0.1, 0.15) is 44.7 Å². The number of benzene rings is 3. The van der Waals surface area contributed by atoms with Gasteiger partial charge < -0.3 is 9.47 Å². The van der Waals surface area contributed by atoms with Gasteiger partial charge in [-0.1, -0.05) is 24.3 Å². The van der Waals surface area contributed by atoms with E-state index in [4.69, 9.17) is 9.47 Å². The lowest BCUT2D eigenvalue weighted by Gasteiger charge is -2.15. The van der Waals surface area contributed by atoms with Gasteiger partial charge in [0, 0.05) is 32.6 Å². The number of rotatable bonds is 8. The molecule has 0 saturated carbocycles. The summed E-state index contributed by atoms with van der Waals surface area (Å²) in [6, 6.07) is 21.1. The fourth-order valence-electron chi connectivity index (χ4n) is 4.76. The highest BCUT2D eigenvalue weighted by molar-refractivity contribution is 7.22. The van der Waals surface area contributed by atoms with Crippen LogP contribution in [0.5, 0.6) is 5.75 Å². The van der Waals surface area contributed by atoms with Crippen molar-refractivity contribution in [3.63, 3.8) is 0 Å². The van der Waals surface area contributed by atoms with E-state index in [1.54, 1.807) is 29.5 Å². The Morgan fingerprint density at radius 1 is 0.972 bits per heavy atom. The average molecular weight is 500 g/mol. The molecule has 0 spiro atoms. The molecule has 4 aromatic rings. The number of hydrogen-bond donors (Lipinski definition) is 0. The molecule has 1 aliphatic heterocycles. The Morgan fingerprint density at radius 2 is 1.72 bits per heavy atom. The van der Waals surface area contributed by atoms with Crippen molar-refractivity contribution in [2.45, 2.75) is 19.8 Å². The summed E-state index contributed by atoms with van der Waals surface area (Å²) in [6.07, 6.45) is 2.56. The number of carbonyl (C=O) groups is 2. The second kappa shape index (κ2) is 10.6. The number of thiophene rings is 1. The first-order chi connectivity index (χ1) is 17.5. The van der Waals surface area contributed by atoms with E-state index < -0.39 is 5.97 Å². The van der Waals surface area contributed by atoms with E-state index in [9.17, 15) is 9.59 Å². The summed E-state index contributed by atoms with van der Waals surface area (Å²) in [6.45, 7) is 5.77. The van der Waals surface area contributed by atoms with Gasteiger partial charge in [0.05, 0.1) is 12.7 Å². The molecule has 0 unspecified atom stereocenters. The number of fused-ring (bicyclic) bond motifs is 1. The summed E-state index contributed by atoms with van der Waals surface area (Å²) in [4.78, 5) is 29.2.